The van der Waals surface area contributed by atoms with Crippen LogP contribution in [-0.2, 0) is 6.61 Å². The third-order valence-corrected chi connectivity index (χ3v) is 2.89. The topological polar surface area (TPSA) is 35.5 Å². The number of aldehydes is 1. The van der Waals surface area contributed by atoms with Crippen LogP contribution >= 0.6 is 0 Å². The van der Waals surface area contributed by atoms with Gasteiger partial charge in [0.15, 0.2) is 6.29 Å². The number of hydrogen-bond acceptors (Lipinski definition) is 3. The SMILES string of the molecule is COc1cc(C)c(OCc2ccccc2)cc1C=O. The van der Waals surface area contributed by atoms with E-state index in [1.54, 1.807) is 13.2 Å². The molecule has 0 radical (unpaired) electrons. The van der Waals surface area contributed by atoms with Crippen LogP contribution in [0.4, 0.5) is 0 Å². The first kappa shape index (κ1) is 13.1. The highest BCUT2D eigenvalue weighted by molar-refractivity contribution is 5.80. The second-order valence-corrected chi connectivity index (χ2v) is 4.25. The predicted octanol–water partition coefficient (Wildman–Crippen LogP) is 3.40. The summed E-state index contributed by atoms with van der Waals surface area (Å²) in [6.07, 6.45) is 0.771. The fourth-order valence-electron chi connectivity index (χ4n) is 1.84. The first-order chi connectivity index (χ1) is 9.24. The van der Waals surface area contributed by atoms with Gasteiger partial charge in [-0.2, -0.15) is 0 Å². The largest absolute Gasteiger partial charge is 0.496 e. The molecule has 0 spiro atoms. The molecule has 0 N–H and O–H groups in total. The molecule has 0 saturated heterocycles. The van der Waals surface area contributed by atoms with Gasteiger partial charge in [0, 0.05) is 0 Å². The van der Waals surface area contributed by atoms with Crippen molar-refractivity contribution in [1.82, 2.24) is 0 Å². The molecule has 2 aromatic carbocycles. The summed E-state index contributed by atoms with van der Waals surface area (Å²) in [6, 6.07) is 13.4. The Hall–Kier alpha value is -2.29. The number of hydrogen-bond donors (Lipinski definition) is 0. The molecule has 3 heteroatoms. The molecule has 0 fully saturated rings. The standard InChI is InChI=1S/C16H16O3/c1-12-8-16(18-2)14(10-17)9-15(12)19-11-13-6-4-3-5-7-13/h3-10H,11H2,1-2H3. The minimum Gasteiger partial charge on any atom is -0.496 e. The van der Waals surface area contributed by atoms with Crippen molar-refractivity contribution in [1.29, 1.82) is 0 Å². The molecule has 2 rings (SSSR count). The summed E-state index contributed by atoms with van der Waals surface area (Å²) in [7, 11) is 1.55. The minimum absolute atomic E-state index is 0.478. The maximum absolute atomic E-state index is 11.0. The van der Waals surface area contributed by atoms with Crippen molar-refractivity contribution >= 4 is 6.29 Å². The molecule has 0 saturated carbocycles. The monoisotopic (exact) mass is 256 g/mol. The molecule has 0 aromatic heterocycles. The number of aryl methyl sites for hydroxylation is 1. The Morgan fingerprint density at radius 2 is 1.84 bits per heavy atom. The summed E-state index contributed by atoms with van der Waals surface area (Å²) < 4.78 is 10.9. The van der Waals surface area contributed by atoms with E-state index in [4.69, 9.17) is 9.47 Å². The van der Waals surface area contributed by atoms with Crippen molar-refractivity contribution in [3.63, 3.8) is 0 Å². The molecule has 0 aliphatic rings. The van der Waals surface area contributed by atoms with E-state index in [0.717, 1.165) is 17.4 Å². The molecule has 0 heterocycles. The van der Waals surface area contributed by atoms with Gasteiger partial charge in [0.1, 0.15) is 18.1 Å². The third-order valence-electron chi connectivity index (χ3n) is 2.89. The average Bonchev–Trinajstić information content (AvgIpc) is 2.46. The Bertz CT molecular complexity index is 562. The summed E-state index contributed by atoms with van der Waals surface area (Å²) in [5.74, 6) is 1.27. The Kier molecular flexibility index (Phi) is 4.18. The van der Waals surface area contributed by atoms with E-state index >= 15 is 0 Å². The molecule has 19 heavy (non-hydrogen) atoms. The highest BCUT2D eigenvalue weighted by atomic mass is 16.5. The zero-order valence-electron chi connectivity index (χ0n) is 11.1. The molecule has 2 aromatic rings. The molecule has 0 unspecified atom stereocenters. The zero-order valence-corrected chi connectivity index (χ0v) is 11.1. The number of methoxy groups -OCH3 is 1. The van der Waals surface area contributed by atoms with E-state index in [9.17, 15) is 4.79 Å². The first-order valence-corrected chi connectivity index (χ1v) is 6.05. The van der Waals surface area contributed by atoms with Gasteiger partial charge in [0.2, 0.25) is 0 Å². The van der Waals surface area contributed by atoms with Gasteiger partial charge in [0.25, 0.3) is 0 Å². The van der Waals surface area contributed by atoms with Gasteiger partial charge >= 0.3 is 0 Å². The van der Waals surface area contributed by atoms with Crippen molar-refractivity contribution in [3.8, 4) is 11.5 Å². The molecule has 0 aliphatic heterocycles. The summed E-state index contributed by atoms with van der Waals surface area (Å²) in [6.45, 7) is 2.41. The van der Waals surface area contributed by atoms with Crippen molar-refractivity contribution in [2.75, 3.05) is 7.11 Å². The van der Waals surface area contributed by atoms with Crippen molar-refractivity contribution in [2.24, 2.45) is 0 Å². The number of carbonyl (C=O) groups excluding carboxylic acids is 1. The third kappa shape index (κ3) is 3.13. The van der Waals surface area contributed by atoms with Crippen LogP contribution in [0.5, 0.6) is 11.5 Å². The lowest BCUT2D eigenvalue weighted by molar-refractivity contribution is 0.112. The summed E-state index contributed by atoms with van der Waals surface area (Å²) >= 11 is 0. The van der Waals surface area contributed by atoms with E-state index in [1.807, 2.05) is 43.3 Å². The van der Waals surface area contributed by atoms with E-state index in [2.05, 4.69) is 0 Å². The van der Waals surface area contributed by atoms with Crippen LogP contribution in [0.3, 0.4) is 0 Å². The summed E-state index contributed by atoms with van der Waals surface area (Å²) in [5, 5.41) is 0. The molecule has 0 amide bonds. The number of rotatable bonds is 5. The van der Waals surface area contributed by atoms with Crippen LogP contribution in [0.25, 0.3) is 0 Å². The van der Waals surface area contributed by atoms with Crippen molar-refractivity contribution in [3.05, 3.63) is 59.2 Å². The number of benzene rings is 2. The van der Waals surface area contributed by atoms with Gasteiger partial charge in [-0.1, -0.05) is 30.3 Å². The maximum Gasteiger partial charge on any atom is 0.153 e. The lowest BCUT2D eigenvalue weighted by Gasteiger charge is -2.12. The molecular weight excluding hydrogens is 240 g/mol. The Morgan fingerprint density at radius 1 is 1.11 bits per heavy atom. The maximum atomic E-state index is 11.0. The van der Waals surface area contributed by atoms with Gasteiger partial charge in [-0.25, -0.2) is 0 Å². The van der Waals surface area contributed by atoms with Gasteiger partial charge < -0.3 is 9.47 Å². The van der Waals surface area contributed by atoms with E-state index < -0.39 is 0 Å². The number of ether oxygens (including phenoxy) is 2. The quantitative estimate of drug-likeness (QED) is 0.769. The normalized spacial score (nSPS) is 10.0. The Morgan fingerprint density at radius 3 is 2.47 bits per heavy atom. The number of carbonyl (C=O) groups is 1. The summed E-state index contributed by atoms with van der Waals surface area (Å²) in [5.41, 5.74) is 2.53. The van der Waals surface area contributed by atoms with Crippen LogP contribution in [0.1, 0.15) is 21.5 Å². The van der Waals surface area contributed by atoms with Crippen LogP contribution in [0, 0.1) is 6.92 Å². The van der Waals surface area contributed by atoms with Crippen molar-refractivity contribution in [2.45, 2.75) is 13.5 Å². The van der Waals surface area contributed by atoms with Gasteiger partial charge in [0.05, 0.1) is 12.7 Å². The van der Waals surface area contributed by atoms with E-state index in [1.165, 1.54) is 0 Å². The van der Waals surface area contributed by atoms with Gasteiger partial charge in [-0.3, -0.25) is 4.79 Å². The lowest BCUT2D eigenvalue weighted by Crippen LogP contribution is -1.99. The fraction of sp³-hybridized carbons (Fsp3) is 0.188. The van der Waals surface area contributed by atoms with Crippen LogP contribution < -0.4 is 9.47 Å². The van der Waals surface area contributed by atoms with Gasteiger partial charge in [-0.05, 0) is 30.2 Å². The second-order valence-electron chi connectivity index (χ2n) is 4.25. The van der Waals surface area contributed by atoms with E-state index in [0.29, 0.717) is 23.7 Å². The summed E-state index contributed by atoms with van der Waals surface area (Å²) in [4.78, 5) is 11.0. The Labute approximate surface area is 112 Å². The smallest absolute Gasteiger partial charge is 0.153 e. The predicted molar refractivity (Wildman–Crippen MR) is 73.9 cm³/mol. The highest BCUT2D eigenvalue weighted by Crippen LogP contribution is 2.27. The molecule has 0 atom stereocenters. The molecular formula is C16H16O3. The molecule has 3 nitrogen and oxygen atoms in total. The first-order valence-electron chi connectivity index (χ1n) is 6.05. The second kappa shape index (κ2) is 6.05. The van der Waals surface area contributed by atoms with E-state index in [-0.39, 0.29) is 0 Å². The van der Waals surface area contributed by atoms with Crippen LogP contribution in [0.15, 0.2) is 42.5 Å². The van der Waals surface area contributed by atoms with Crippen LogP contribution in [0.2, 0.25) is 0 Å². The average molecular weight is 256 g/mol. The highest BCUT2D eigenvalue weighted by Gasteiger charge is 2.08. The Balaban J connectivity index is 2.18. The molecule has 0 bridgehead atoms. The van der Waals surface area contributed by atoms with Gasteiger partial charge in [-0.15, -0.1) is 0 Å². The lowest BCUT2D eigenvalue weighted by atomic mass is 10.1. The molecule has 0 aliphatic carbocycles. The minimum atomic E-state index is 0.478. The zero-order chi connectivity index (χ0) is 13.7. The molecule has 98 valence electrons. The fourth-order valence-corrected chi connectivity index (χ4v) is 1.84. The van der Waals surface area contributed by atoms with Crippen LogP contribution in [-0.4, -0.2) is 13.4 Å². The van der Waals surface area contributed by atoms with Crippen molar-refractivity contribution < 1.29 is 14.3 Å².